The molecule has 0 spiro atoms. The second-order valence-electron chi connectivity index (χ2n) is 4.48. The van der Waals surface area contributed by atoms with Gasteiger partial charge in [-0.25, -0.2) is 0 Å². The molecule has 0 aliphatic heterocycles. The molecule has 1 aromatic heterocycles. The van der Waals surface area contributed by atoms with Gasteiger partial charge in [-0.15, -0.1) is 0 Å². The van der Waals surface area contributed by atoms with Gasteiger partial charge >= 0.3 is 0 Å². The molecule has 0 unspecified atom stereocenters. The van der Waals surface area contributed by atoms with Gasteiger partial charge in [-0.05, 0) is 43.3 Å². The number of amides is 2. The second-order valence-corrected chi connectivity index (χ2v) is 4.48. The Bertz CT molecular complexity index is 605. The lowest BCUT2D eigenvalue weighted by molar-refractivity contribution is -0.123. The number of benzene rings is 1. The van der Waals surface area contributed by atoms with E-state index in [1.54, 1.807) is 42.7 Å². The molecule has 0 radical (unpaired) electrons. The molecule has 1 heterocycles. The number of ether oxygens (including phenoxy) is 1. The van der Waals surface area contributed by atoms with Crippen molar-refractivity contribution in [2.75, 3.05) is 6.61 Å². The van der Waals surface area contributed by atoms with E-state index in [-0.39, 0.29) is 18.6 Å². The number of hydrogen-bond acceptors (Lipinski definition) is 4. The van der Waals surface area contributed by atoms with Gasteiger partial charge in [0.1, 0.15) is 11.5 Å². The normalized spacial score (nSPS) is 11.7. The van der Waals surface area contributed by atoms with Crippen LogP contribution < -0.4 is 15.8 Å². The minimum absolute atomic E-state index is 0.124. The third-order valence-electron chi connectivity index (χ3n) is 2.86. The predicted molar refractivity (Wildman–Crippen MR) is 75.7 cm³/mol. The Morgan fingerprint density at radius 2 is 2.00 bits per heavy atom. The zero-order chi connectivity index (χ0) is 15.2. The van der Waals surface area contributed by atoms with E-state index in [1.807, 2.05) is 6.92 Å². The monoisotopic (exact) mass is 288 g/mol. The van der Waals surface area contributed by atoms with Crippen molar-refractivity contribution in [3.05, 3.63) is 54.0 Å². The highest BCUT2D eigenvalue weighted by Gasteiger charge is 2.12. The van der Waals surface area contributed by atoms with Gasteiger partial charge in [0.15, 0.2) is 6.61 Å². The number of furan rings is 1. The minimum atomic E-state index is -0.508. The summed E-state index contributed by atoms with van der Waals surface area (Å²) in [6.45, 7) is 1.69. The summed E-state index contributed by atoms with van der Waals surface area (Å²) in [7, 11) is 0. The predicted octanol–water partition coefficient (Wildman–Crippen LogP) is 1.63. The number of primary amides is 1. The number of carbonyl (C=O) groups is 2. The Labute approximate surface area is 121 Å². The lowest BCUT2D eigenvalue weighted by Gasteiger charge is -2.12. The SMILES string of the molecule is C[C@H](NC(=O)COc1ccc(C(N)=O)cc1)c1ccco1. The van der Waals surface area contributed by atoms with Crippen LogP contribution in [0.1, 0.15) is 29.1 Å². The van der Waals surface area contributed by atoms with Gasteiger partial charge in [0.25, 0.3) is 5.91 Å². The summed E-state index contributed by atoms with van der Waals surface area (Å²) in [4.78, 5) is 22.7. The van der Waals surface area contributed by atoms with E-state index in [0.29, 0.717) is 17.1 Å². The molecule has 21 heavy (non-hydrogen) atoms. The van der Waals surface area contributed by atoms with Crippen molar-refractivity contribution in [1.29, 1.82) is 0 Å². The van der Waals surface area contributed by atoms with Crippen LogP contribution in [-0.4, -0.2) is 18.4 Å². The van der Waals surface area contributed by atoms with E-state index in [9.17, 15) is 9.59 Å². The van der Waals surface area contributed by atoms with Gasteiger partial charge < -0.3 is 20.2 Å². The molecule has 2 amide bonds. The molecule has 110 valence electrons. The number of rotatable bonds is 6. The standard InChI is InChI=1S/C15H16N2O4/c1-10(13-3-2-8-20-13)17-14(18)9-21-12-6-4-11(5-7-12)15(16)19/h2-8,10H,9H2,1H3,(H2,16,19)(H,17,18)/t10-/m0/s1. The molecule has 0 saturated carbocycles. The fourth-order valence-corrected chi connectivity index (χ4v) is 1.76. The van der Waals surface area contributed by atoms with Crippen LogP contribution in [0.15, 0.2) is 47.1 Å². The van der Waals surface area contributed by atoms with Crippen LogP contribution in [0.3, 0.4) is 0 Å². The Hall–Kier alpha value is -2.76. The van der Waals surface area contributed by atoms with Gasteiger partial charge in [-0.1, -0.05) is 0 Å². The number of nitrogens with one attached hydrogen (secondary N) is 1. The number of carbonyl (C=O) groups excluding carboxylic acids is 2. The average molecular weight is 288 g/mol. The first-order valence-corrected chi connectivity index (χ1v) is 6.41. The van der Waals surface area contributed by atoms with Gasteiger partial charge in [-0.2, -0.15) is 0 Å². The van der Waals surface area contributed by atoms with Crippen molar-refractivity contribution < 1.29 is 18.7 Å². The molecular formula is C15H16N2O4. The molecule has 3 N–H and O–H groups in total. The van der Waals surface area contributed by atoms with E-state index in [1.165, 1.54) is 0 Å². The van der Waals surface area contributed by atoms with E-state index in [0.717, 1.165) is 0 Å². The van der Waals surface area contributed by atoms with Gasteiger partial charge in [0, 0.05) is 5.56 Å². The highest BCUT2D eigenvalue weighted by molar-refractivity contribution is 5.92. The average Bonchev–Trinajstić information content (AvgIpc) is 3.00. The summed E-state index contributed by atoms with van der Waals surface area (Å²) in [5, 5.41) is 2.75. The molecule has 0 bridgehead atoms. The van der Waals surface area contributed by atoms with Crippen molar-refractivity contribution in [2.24, 2.45) is 5.73 Å². The van der Waals surface area contributed by atoms with Crippen molar-refractivity contribution >= 4 is 11.8 Å². The third-order valence-corrected chi connectivity index (χ3v) is 2.86. The van der Waals surface area contributed by atoms with Gasteiger partial charge in [0.2, 0.25) is 5.91 Å². The van der Waals surface area contributed by atoms with Crippen LogP contribution >= 0.6 is 0 Å². The first-order valence-electron chi connectivity index (χ1n) is 6.41. The summed E-state index contributed by atoms with van der Waals surface area (Å²) in [6.07, 6.45) is 1.55. The first kappa shape index (κ1) is 14.6. The number of hydrogen-bond donors (Lipinski definition) is 2. The van der Waals surface area contributed by atoms with Crippen molar-refractivity contribution in [1.82, 2.24) is 5.32 Å². The molecule has 2 rings (SSSR count). The lowest BCUT2D eigenvalue weighted by atomic mass is 10.2. The molecule has 0 aliphatic carbocycles. The maximum absolute atomic E-state index is 11.7. The molecule has 2 aromatic rings. The zero-order valence-corrected chi connectivity index (χ0v) is 11.5. The second kappa shape index (κ2) is 6.60. The molecule has 0 aliphatic rings. The Kier molecular flexibility index (Phi) is 4.61. The first-order chi connectivity index (χ1) is 10.1. The molecule has 6 nitrogen and oxygen atoms in total. The Balaban J connectivity index is 1.82. The largest absolute Gasteiger partial charge is 0.484 e. The van der Waals surface area contributed by atoms with Crippen LogP contribution in [0.4, 0.5) is 0 Å². The van der Waals surface area contributed by atoms with Crippen molar-refractivity contribution in [3.8, 4) is 5.75 Å². The molecule has 0 saturated heterocycles. The van der Waals surface area contributed by atoms with E-state index in [4.69, 9.17) is 14.9 Å². The highest BCUT2D eigenvalue weighted by Crippen LogP contribution is 2.13. The minimum Gasteiger partial charge on any atom is -0.484 e. The van der Waals surface area contributed by atoms with E-state index in [2.05, 4.69) is 5.32 Å². The molecule has 1 atom stereocenters. The molecular weight excluding hydrogens is 272 g/mol. The van der Waals surface area contributed by atoms with Crippen LogP contribution in [0.2, 0.25) is 0 Å². The van der Waals surface area contributed by atoms with Crippen LogP contribution in [0.25, 0.3) is 0 Å². The van der Waals surface area contributed by atoms with Gasteiger partial charge in [-0.3, -0.25) is 9.59 Å². The smallest absolute Gasteiger partial charge is 0.258 e. The van der Waals surface area contributed by atoms with Crippen molar-refractivity contribution in [3.63, 3.8) is 0 Å². The van der Waals surface area contributed by atoms with Crippen LogP contribution in [0, 0.1) is 0 Å². The Morgan fingerprint density at radius 3 is 2.57 bits per heavy atom. The summed E-state index contributed by atoms with van der Waals surface area (Å²) in [5.74, 6) is 0.388. The topological polar surface area (TPSA) is 94.6 Å². The van der Waals surface area contributed by atoms with E-state index < -0.39 is 5.91 Å². The van der Waals surface area contributed by atoms with Crippen LogP contribution in [0.5, 0.6) is 5.75 Å². The fourth-order valence-electron chi connectivity index (χ4n) is 1.76. The molecule has 1 aromatic carbocycles. The molecule has 6 heteroatoms. The van der Waals surface area contributed by atoms with Crippen molar-refractivity contribution in [2.45, 2.75) is 13.0 Å². The fraction of sp³-hybridized carbons (Fsp3) is 0.200. The zero-order valence-electron chi connectivity index (χ0n) is 11.5. The van der Waals surface area contributed by atoms with E-state index >= 15 is 0 Å². The molecule has 0 fully saturated rings. The summed E-state index contributed by atoms with van der Waals surface area (Å²) in [5.41, 5.74) is 5.52. The summed E-state index contributed by atoms with van der Waals surface area (Å²) in [6, 6.07) is 9.58. The lowest BCUT2D eigenvalue weighted by Crippen LogP contribution is -2.31. The maximum atomic E-state index is 11.7. The quantitative estimate of drug-likeness (QED) is 0.844. The highest BCUT2D eigenvalue weighted by atomic mass is 16.5. The third kappa shape index (κ3) is 4.10. The Morgan fingerprint density at radius 1 is 1.29 bits per heavy atom. The summed E-state index contributed by atoms with van der Waals surface area (Å²) < 4.78 is 10.5. The number of nitrogens with two attached hydrogens (primary N) is 1. The van der Waals surface area contributed by atoms with Gasteiger partial charge in [0.05, 0.1) is 12.3 Å². The maximum Gasteiger partial charge on any atom is 0.258 e. The summed E-state index contributed by atoms with van der Waals surface area (Å²) >= 11 is 0. The van der Waals surface area contributed by atoms with Crippen LogP contribution in [-0.2, 0) is 4.79 Å².